The molecule has 0 aliphatic heterocycles. The molecule has 1 saturated carbocycles. The molecule has 2 heterocycles. The van der Waals surface area contributed by atoms with Crippen molar-refractivity contribution in [2.75, 3.05) is 11.9 Å². The maximum Gasteiger partial charge on any atom is 0.417 e. The van der Waals surface area contributed by atoms with E-state index in [4.69, 9.17) is 16.3 Å². The van der Waals surface area contributed by atoms with Gasteiger partial charge in [0, 0.05) is 18.3 Å². The number of ether oxygens (including phenoxy) is 1. The van der Waals surface area contributed by atoms with Crippen molar-refractivity contribution in [2.24, 2.45) is 5.92 Å². The van der Waals surface area contributed by atoms with Gasteiger partial charge in [0.1, 0.15) is 17.3 Å². The second-order valence-corrected chi connectivity index (χ2v) is 7.85. The SMILES string of the molecule is CC(C)C(=O)Nc1nccc(C(=O)NC2(COc3ncc(C(F)(F)F)cc3Cl)CC2)n1. The number of nitrogens with one attached hydrogen (secondary N) is 2. The molecular formula is C19H19ClF3N5O3. The van der Waals surface area contributed by atoms with Crippen LogP contribution in [0.4, 0.5) is 19.1 Å². The van der Waals surface area contributed by atoms with E-state index < -0.39 is 23.2 Å². The molecule has 2 aromatic heterocycles. The van der Waals surface area contributed by atoms with Gasteiger partial charge < -0.3 is 10.1 Å². The second-order valence-electron chi connectivity index (χ2n) is 7.44. The smallest absolute Gasteiger partial charge is 0.417 e. The van der Waals surface area contributed by atoms with E-state index in [1.54, 1.807) is 13.8 Å². The summed E-state index contributed by atoms with van der Waals surface area (Å²) in [5, 5.41) is 5.03. The van der Waals surface area contributed by atoms with Gasteiger partial charge in [-0.1, -0.05) is 25.4 Å². The van der Waals surface area contributed by atoms with Crippen LogP contribution in [0.25, 0.3) is 0 Å². The first-order valence-electron chi connectivity index (χ1n) is 9.31. The van der Waals surface area contributed by atoms with Crippen LogP contribution >= 0.6 is 11.6 Å². The van der Waals surface area contributed by atoms with E-state index in [0.717, 1.165) is 6.07 Å². The monoisotopic (exact) mass is 457 g/mol. The number of anilines is 1. The summed E-state index contributed by atoms with van der Waals surface area (Å²) >= 11 is 5.84. The first-order valence-corrected chi connectivity index (χ1v) is 9.69. The lowest BCUT2D eigenvalue weighted by atomic mass is 10.2. The normalized spacial score (nSPS) is 14.8. The van der Waals surface area contributed by atoms with Crippen molar-refractivity contribution in [2.45, 2.75) is 38.4 Å². The van der Waals surface area contributed by atoms with Crippen molar-refractivity contribution >= 4 is 29.4 Å². The first-order chi connectivity index (χ1) is 14.5. The average Bonchev–Trinajstić information content (AvgIpc) is 3.46. The maximum absolute atomic E-state index is 12.7. The molecule has 0 spiro atoms. The molecular weight excluding hydrogens is 439 g/mol. The Morgan fingerprint density at radius 3 is 2.58 bits per heavy atom. The summed E-state index contributed by atoms with van der Waals surface area (Å²) in [7, 11) is 0. The Hall–Kier alpha value is -2.95. The number of hydrogen-bond donors (Lipinski definition) is 2. The molecule has 1 fully saturated rings. The zero-order chi connectivity index (χ0) is 22.8. The third-order valence-electron chi connectivity index (χ3n) is 4.50. The van der Waals surface area contributed by atoms with E-state index in [2.05, 4.69) is 25.6 Å². The standard InChI is InChI=1S/C19H19ClF3N5O3/c1-10(2)14(29)27-17-24-6-3-13(26-17)15(30)28-18(4-5-18)9-31-16-12(20)7-11(8-25-16)19(21,22)23/h3,6-8,10H,4-5,9H2,1-2H3,(H,28,30)(H,24,26,27,29). The van der Waals surface area contributed by atoms with E-state index in [9.17, 15) is 22.8 Å². The van der Waals surface area contributed by atoms with Crippen molar-refractivity contribution in [3.63, 3.8) is 0 Å². The lowest BCUT2D eigenvalue weighted by molar-refractivity contribution is -0.137. The maximum atomic E-state index is 12.7. The average molecular weight is 458 g/mol. The van der Waals surface area contributed by atoms with E-state index in [1.165, 1.54) is 12.3 Å². The third-order valence-corrected chi connectivity index (χ3v) is 4.77. The summed E-state index contributed by atoms with van der Waals surface area (Å²) in [4.78, 5) is 35.9. The van der Waals surface area contributed by atoms with Crippen LogP contribution in [0.1, 0.15) is 42.7 Å². The number of aromatic nitrogens is 3. The fourth-order valence-electron chi connectivity index (χ4n) is 2.45. The van der Waals surface area contributed by atoms with Crippen molar-refractivity contribution in [3.8, 4) is 5.88 Å². The number of amides is 2. The molecule has 0 aromatic carbocycles. The summed E-state index contributed by atoms with van der Waals surface area (Å²) in [6.45, 7) is 3.39. The van der Waals surface area contributed by atoms with Gasteiger partial charge in [0.15, 0.2) is 0 Å². The van der Waals surface area contributed by atoms with Crippen molar-refractivity contribution < 1.29 is 27.5 Å². The van der Waals surface area contributed by atoms with Crippen LogP contribution in [-0.4, -0.2) is 38.9 Å². The molecule has 166 valence electrons. The van der Waals surface area contributed by atoms with Gasteiger partial charge in [-0.3, -0.25) is 14.9 Å². The molecule has 0 bridgehead atoms. The molecule has 31 heavy (non-hydrogen) atoms. The van der Waals surface area contributed by atoms with Gasteiger partial charge in [-0.15, -0.1) is 0 Å². The van der Waals surface area contributed by atoms with Crippen LogP contribution in [0.3, 0.4) is 0 Å². The molecule has 0 radical (unpaired) electrons. The third kappa shape index (κ3) is 5.81. The highest BCUT2D eigenvalue weighted by Gasteiger charge is 2.45. The zero-order valence-electron chi connectivity index (χ0n) is 16.6. The number of nitrogens with zero attached hydrogens (tertiary/aromatic N) is 3. The predicted octanol–water partition coefficient (Wildman–Crippen LogP) is 3.48. The first kappa shape index (κ1) is 22.7. The summed E-state index contributed by atoms with van der Waals surface area (Å²) in [5.41, 5.74) is -1.65. The Balaban J connectivity index is 1.62. The molecule has 2 N–H and O–H groups in total. The van der Waals surface area contributed by atoms with Gasteiger partial charge in [-0.25, -0.2) is 15.0 Å². The number of halogens is 4. The van der Waals surface area contributed by atoms with E-state index in [-0.39, 0.29) is 41.0 Å². The van der Waals surface area contributed by atoms with Gasteiger partial charge in [0.2, 0.25) is 17.7 Å². The minimum absolute atomic E-state index is 0.00758. The summed E-state index contributed by atoms with van der Waals surface area (Å²) in [6.07, 6.45) is -1.39. The van der Waals surface area contributed by atoms with Gasteiger partial charge in [0.25, 0.3) is 5.91 Å². The second kappa shape index (κ2) is 8.66. The summed E-state index contributed by atoms with van der Waals surface area (Å²) in [5.74, 6) is -1.22. The van der Waals surface area contributed by atoms with E-state index in [1.807, 2.05) is 0 Å². The number of alkyl halides is 3. The van der Waals surface area contributed by atoms with Crippen LogP contribution in [0.15, 0.2) is 24.5 Å². The van der Waals surface area contributed by atoms with Gasteiger partial charge in [0.05, 0.1) is 11.1 Å². The topological polar surface area (TPSA) is 106 Å². The minimum atomic E-state index is -4.56. The Morgan fingerprint density at radius 1 is 1.29 bits per heavy atom. The number of carbonyl (C=O) groups excluding carboxylic acids is 2. The van der Waals surface area contributed by atoms with Crippen LogP contribution in [0.5, 0.6) is 5.88 Å². The Morgan fingerprint density at radius 2 is 2.00 bits per heavy atom. The molecule has 2 aromatic rings. The lowest BCUT2D eigenvalue weighted by Crippen LogP contribution is -2.41. The molecule has 1 aliphatic rings. The summed E-state index contributed by atoms with van der Waals surface area (Å²) < 4.78 is 43.6. The molecule has 2 amide bonds. The Bertz CT molecular complexity index is 996. The van der Waals surface area contributed by atoms with Crippen molar-refractivity contribution in [3.05, 3.63) is 40.8 Å². The fraction of sp³-hybridized carbons (Fsp3) is 0.421. The van der Waals surface area contributed by atoms with Gasteiger partial charge in [-0.05, 0) is 25.0 Å². The highest BCUT2D eigenvalue weighted by molar-refractivity contribution is 6.31. The Labute approximate surface area is 180 Å². The number of carbonyl (C=O) groups is 2. The summed E-state index contributed by atoms with van der Waals surface area (Å²) in [6, 6.07) is 2.13. The van der Waals surface area contributed by atoms with E-state index >= 15 is 0 Å². The lowest BCUT2D eigenvalue weighted by Gasteiger charge is -2.18. The van der Waals surface area contributed by atoms with Crippen LogP contribution in [-0.2, 0) is 11.0 Å². The van der Waals surface area contributed by atoms with Crippen LogP contribution in [0, 0.1) is 5.92 Å². The molecule has 1 aliphatic carbocycles. The number of hydrogen-bond acceptors (Lipinski definition) is 6. The van der Waals surface area contributed by atoms with E-state index in [0.29, 0.717) is 19.0 Å². The fourth-order valence-corrected chi connectivity index (χ4v) is 2.68. The predicted molar refractivity (Wildman–Crippen MR) is 105 cm³/mol. The van der Waals surface area contributed by atoms with Gasteiger partial charge >= 0.3 is 6.18 Å². The molecule has 12 heteroatoms. The highest BCUT2D eigenvalue weighted by Crippen LogP contribution is 2.38. The largest absolute Gasteiger partial charge is 0.474 e. The van der Waals surface area contributed by atoms with Crippen molar-refractivity contribution in [1.82, 2.24) is 20.3 Å². The molecule has 0 saturated heterocycles. The molecule has 3 rings (SSSR count). The molecule has 0 unspecified atom stereocenters. The van der Waals surface area contributed by atoms with Crippen LogP contribution < -0.4 is 15.4 Å². The highest BCUT2D eigenvalue weighted by atomic mass is 35.5. The zero-order valence-corrected chi connectivity index (χ0v) is 17.3. The number of rotatable bonds is 7. The Kier molecular flexibility index (Phi) is 6.35. The molecule has 8 nitrogen and oxygen atoms in total. The quantitative estimate of drug-likeness (QED) is 0.659. The van der Waals surface area contributed by atoms with Crippen LogP contribution in [0.2, 0.25) is 5.02 Å². The van der Waals surface area contributed by atoms with Crippen molar-refractivity contribution in [1.29, 1.82) is 0 Å². The molecule has 0 atom stereocenters. The number of pyridine rings is 1. The minimum Gasteiger partial charge on any atom is -0.474 e. The van der Waals surface area contributed by atoms with Gasteiger partial charge in [-0.2, -0.15) is 13.2 Å².